The van der Waals surface area contributed by atoms with Gasteiger partial charge < -0.3 is 5.73 Å². The van der Waals surface area contributed by atoms with Crippen molar-refractivity contribution in [1.29, 1.82) is 0 Å². The van der Waals surface area contributed by atoms with E-state index in [1.54, 1.807) is 0 Å². The van der Waals surface area contributed by atoms with Gasteiger partial charge in [-0.15, -0.1) is 0 Å². The first-order valence-corrected chi connectivity index (χ1v) is 7.53. The normalized spacial score (nSPS) is 39.9. The van der Waals surface area contributed by atoms with Crippen LogP contribution in [0.4, 0.5) is 0 Å². The van der Waals surface area contributed by atoms with Crippen molar-refractivity contribution in [1.82, 2.24) is 5.27 Å². The largest absolute Gasteiger partial charge is 0.430 e. The third-order valence-electron chi connectivity index (χ3n) is 5.60. The Bertz CT molecular complexity index is 510. The molecular formula is C14H22N3O2+. The molecule has 1 heterocycles. The second kappa shape index (κ2) is 3.95. The molecule has 5 heteroatoms. The zero-order valence-corrected chi connectivity index (χ0v) is 11.2. The van der Waals surface area contributed by atoms with Crippen LogP contribution in [0, 0.1) is 17.8 Å². The topological polar surface area (TPSA) is 75.9 Å². The molecule has 19 heavy (non-hydrogen) atoms. The lowest BCUT2D eigenvalue weighted by molar-refractivity contribution is -0.837. The number of rotatable bonds is 3. The van der Waals surface area contributed by atoms with Crippen molar-refractivity contribution in [2.24, 2.45) is 23.5 Å². The summed E-state index contributed by atoms with van der Waals surface area (Å²) in [6.45, 7) is 0.495. The van der Waals surface area contributed by atoms with E-state index in [4.69, 9.17) is 10.3 Å². The highest BCUT2D eigenvalue weighted by atomic mass is 16.5. The van der Waals surface area contributed by atoms with Crippen molar-refractivity contribution in [3.63, 3.8) is 0 Å². The molecule has 4 bridgehead atoms. The van der Waals surface area contributed by atoms with Crippen molar-refractivity contribution in [2.75, 3.05) is 6.54 Å². The van der Waals surface area contributed by atoms with E-state index in [-0.39, 0.29) is 11.2 Å². The lowest BCUT2D eigenvalue weighted by Crippen LogP contribution is -2.67. The van der Waals surface area contributed by atoms with Crippen LogP contribution < -0.4 is 16.0 Å². The summed E-state index contributed by atoms with van der Waals surface area (Å²) >= 11 is 0. The first kappa shape index (κ1) is 11.7. The van der Waals surface area contributed by atoms with Crippen LogP contribution in [0.5, 0.6) is 0 Å². The fourth-order valence-corrected chi connectivity index (χ4v) is 5.36. The lowest BCUT2D eigenvalue weighted by atomic mass is 9.53. The maximum Gasteiger partial charge on any atom is 0.430 e. The fraction of sp³-hybridized carbons (Fsp3) is 0.857. The molecule has 4 fully saturated rings. The minimum atomic E-state index is -0.235. The Hall–Kier alpha value is -1.10. The molecule has 4 saturated carbocycles. The van der Waals surface area contributed by atoms with Crippen LogP contribution >= 0.6 is 0 Å². The van der Waals surface area contributed by atoms with Gasteiger partial charge in [0.25, 0.3) is 5.69 Å². The molecule has 0 spiro atoms. The average Bonchev–Trinajstić information content (AvgIpc) is 2.70. The van der Waals surface area contributed by atoms with Gasteiger partial charge in [0, 0.05) is 25.8 Å². The van der Waals surface area contributed by atoms with E-state index < -0.39 is 0 Å². The Morgan fingerprint density at radius 1 is 1.21 bits per heavy atom. The Kier molecular flexibility index (Phi) is 2.43. The van der Waals surface area contributed by atoms with Crippen molar-refractivity contribution in [3.8, 4) is 0 Å². The van der Waals surface area contributed by atoms with Gasteiger partial charge in [0.1, 0.15) is 0 Å². The Balaban J connectivity index is 1.77. The molecule has 1 aromatic heterocycles. The summed E-state index contributed by atoms with van der Waals surface area (Å²) in [5, 5.41) is 2.89. The molecule has 0 saturated heterocycles. The third-order valence-corrected chi connectivity index (χ3v) is 5.60. The summed E-state index contributed by atoms with van der Waals surface area (Å²) in [5.74, 6) is 2.55. The van der Waals surface area contributed by atoms with Crippen LogP contribution in [0.2, 0.25) is 0 Å². The molecule has 5 rings (SSSR count). The second-order valence-electron chi connectivity index (χ2n) is 6.94. The maximum atomic E-state index is 11.8. The average molecular weight is 264 g/mol. The predicted molar refractivity (Wildman–Crippen MR) is 68.4 cm³/mol. The Morgan fingerprint density at radius 3 is 2.32 bits per heavy atom. The number of hydrogen-bond donors (Lipinski definition) is 2. The van der Waals surface area contributed by atoms with Gasteiger partial charge >= 0.3 is 5.63 Å². The molecule has 104 valence electrons. The van der Waals surface area contributed by atoms with Gasteiger partial charge in [-0.2, -0.15) is 0 Å². The van der Waals surface area contributed by atoms with Gasteiger partial charge in [0.05, 0.1) is 6.42 Å². The number of hydrogen-bond acceptors (Lipinski definition) is 3. The number of aromatic nitrogens is 2. The molecule has 4 aliphatic carbocycles. The van der Waals surface area contributed by atoms with Crippen LogP contribution in [0.1, 0.15) is 44.2 Å². The van der Waals surface area contributed by atoms with Crippen molar-refractivity contribution < 1.29 is 9.20 Å². The highest BCUT2D eigenvalue weighted by Gasteiger charge is 2.58. The van der Waals surface area contributed by atoms with E-state index in [9.17, 15) is 4.79 Å². The zero-order chi connectivity index (χ0) is 13.0. The quantitative estimate of drug-likeness (QED) is 0.788. The van der Waals surface area contributed by atoms with E-state index in [0.29, 0.717) is 13.0 Å². The molecule has 0 aliphatic heterocycles. The molecule has 0 unspecified atom stereocenters. The predicted octanol–water partition coefficient (Wildman–Crippen LogP) is 0.682. The minimum Gasteiger partial charge on any atom is -0.330 e. The highest BCUT2D eigenvalue weighted by molar-refractivity contribution is 5.00. The summed E-state index contributed by atoms with van der Waals surface area (Å²) in [6, 6.07) is 0. The number of aromatic amines is 1. The van der Waals surface area contributed by atoms with E-state index in [1.165, 1.54) is 38.5 Å². The Morgan fingerprint density at radius 2 is 1.79 bits per heavy atom. The van der Waals surface area contributed by atoms with Gasteiger partial charge in [-0.05, 0) is 42.3 Å². The molecule has 0 aromatic carbocycles. The molecule has 0 atom stereocenters. The first-order chi connectivity index (χ1) is 9.20. The summed E-state index contributed by atoms with van der Waals surface area (Å²) in [4.78, 5) is 11.8. The van der Waals surface area contributed by atoms with Gasteiger partial charge in [-0.1, -0.05) is 4.68 Å². The van der Waals surface area contributed by atoms with Crippen LogP contribution in [0.25, 0.3) is 0 Å². The smallest absolute Gasteiger partial charge is 0.330 e. The molecule has 4 aliphatic rings. The molecule has 0 radical (unpaired) electrons. The zero-order valence-electron chi connectivity index (χ0n) is 11.2. The third kappa shape index (κ3) is 1.64. The van der Waals surface area contributed by atoms with Crippen LogP contribution in [-0.2, 0) is 12.0 Å². The van der Waals surface area contributed by atoms with E-state index >= 15 is 0 Å². The highest BCUT2D eigenvalue weighted by Crippen LogP contribution is 2.56. The van der Waals surface area contributed by atoms with E-state index in [1.807, 2.05) is 0 Å². The van der Waals surface area contributed by atoms with Gasteiger partial charge in [0.15, 0.2) is 5.54 Å². The summed E-state index contributed by atoms with van der Waals surface area (Å²) < 4.78 is 7.13. The van der Waals surface area contributed by atoms with Crippen LogP contribution in [-0.4, -0.2) is 11.8 Å². The summed E-state index contributed by atoms with van der Waals surface area (Å²) in [7, 11) is 0. The van der Waals surface area contributed by atoms with Crippen molar-refractivity contribution in [3.05, 3.63) is 16.1 Å². The summed E-state index contributed by atoms with van der Waals surface area (Å²) in [5.41, 5.74) is 6.26. The van der Waals surface area contributed by atoms with Crippen LogP contribution in [0.15, 0.2) is 9.32 Å². The molecule has 1 aromatic rings. The van der Waals surface area contributed by atoms with Gasteiger partial charge in [-0.25, -0.2) is 4.79 Å². The summed E-state index contributed by atoms with van der Waals surface area (Å²) in [6.07, 6.45) is 8.41. The maximum absolute atomic E-state index is 11.8. The number of nitrogens with zero attached hydrogens (tertiary/aromatic N) is 1. The van der Waals surface area contributed by atoms with E-state index in [0.717, 1.165) is 23.4 Å². The van der Waals surface area contributed by atoms with Crippen LogP contribution in [0.3, 0.4) is 0 Å². The first-order valence-electron chi connectivity index (χ1n) is 7.53. The number of nitrogens with two attached hydrogens (primary N) is 1. The minimum absolute atomic E-state index is 0.116. The van der Waals surface area contributed by atoms with Gasteiger partial charge in [-0.3, -0.25) is 4.52 Å². The molecule has 0 amide bonds. The van der Waals surface area contributed by atoms with Gasteiger partial charge in [0.2, 0.25) is 0 Å². The standard InChI is InChI=1S/C14H21N3O2/c15-2-1-12-13(18)19-16-17(12)14-6-9-3-10(7-14)5-11(4-9)8-14/h9-11H,1-8,15H2/p+1. The number of nitrogens with one attached hydrogen (secondary N) is 1. The molecule has 3 N–H and O–H groups in total. The fourth-order valence-electron chi connectivity index (χ4n) is 5.36. The monoisotopic (exact) mass is 264 g/mol. The van der Waals surface area contributed by atoms with E-state index in [2.05, 4.69) is 9.95 Å². The second-order valence-corrected chi connectivity index (χ2v) is 6.94. The SMILES string of the molecule is NCCc1c(=O)o[nH][n+]1C12CC3CC(CC(C3)C1)C2. The Labute approximate surface area is 112 Å². The number of H-pyrrole nitrogens is 1. The molecule has 5 nitrogen and oxygen atoms in total. The lowest BCUT2D eigenvalue weighted by Gasteiger charge is -2.52. The molecular weight excluding hydrogens is 242 g/mol. The van der Waals surface area contributed by atoms with Crippen molar-refractivity contribution in [2.45, 2.75) is 50.5 Å². The van der Waals surface area contributed by atoms with Crippen molar-refractivity contribution >= 4 is 0 Å².